The van der Waals surface area contributed by atoms with Gasteiger partial charge >= 0.3 is 0 Å². The van der Waals surface area contributed by atoms with E-state index in [1.54, 1.807) is 26.2 Å². The molecular weight excluding hydrogens is 269 g/mol. The molecule has 0 aromatic heterocycles. The van der Waals surface area contributed by atoms with Gasteiger partial charge in [-0.3, -0.25) is 0 Å². The van der Waals surface area contributed by atoms with Crippen molar-refractivity contribution in [1.82, 2.24) is 0 Å². The molecule has 112 valence electrons. The molecule has 21 heavy (non-hydrogen) atoms. The van der Waals surface area contributed by atoms with E-state index in [0.717, 1.165) is 17.0 Å². The predicted molar refractivity (Wildman–Crippen MR) is 82.1 cm³/mol. The van der Waals surface area contributed by atoms with Crippen LogP contribution >= 0.6 is 0 Å². The highest BCUT2D eigenvalue weighted by molar-refractivity contribution is 5.48. The van der Waals surface area contributed by atoms with Gasteiger partial charge in [-0.1, -0.05) is 12.1 Å². The molecule has 0 amide bonds. The summed E-state index contributed by atoms with van der Waals surface area (Å²) in [6.45, 7) is 1.74. The summed E-state index contributed by atoms with van der Waals surface area (Å²) in [7, 11) is 1.62. The number of rotatable bonds is 6. The molecule has 0 heterocycles. The van der Waals surface area contributed by atoms with Crippen molar-refractivity contribution in [1.29, 1.82) is 0 Å². The SMILES string of the molecule is COc1ccc(N[C@@H](C[C@@H](C)O)c2ccc(F)cc2)cc1. The molecule has 3 nitrogen and oxygen atoms in total. The van der Waals surface area contributed by atoms with Crippen LogP contribution in [0.15, 0.2) is 48.5 Å². The second-order valence-electron chi connectivity index (χ2n) is 5.06. The van der Waals surface area contributed by atoms with Gasteiger partial charge < -0.3 is 15.2 Å². The second-order valence-corrected chi connectivity index (χ2v) is 5.06. The number of aliphatic hydroxyl groups excluding tert-OH is 1. The van der Waals surface area contributed by atoms with Gasteiger partial charge in [0.25, 0.3) is 0 Å². The Hall–Kier alpha value is -2.07. The van der Waals surface area contributed by atoms with Crippen LogP contribution in [0.4, 0.5) is 10.1 Å². The summed E-state index contributed by atoms with van der Waals surface area (Å²) in [6.07, 6.45) is 0.0864. The summed E-state index contributed by atoms with van der Waals surface area (Å²) in [5.41, 5.74) is 1.86. The first-order chi connectivity index (χ1) is 10.1. The van der Waals surface area contributed by atoms with Gasteiger partial charge in [0, 0.05) is 5.69 Å². The molecule has 0 aliphatic rings. The zero-order valence-electron chi connectivity index (χ0n) is 12.2. The van der Waals surface area contributed by atoms with Crippen LogP contribution < -0.4 is 10.1 Å². The largest absolute Gasteiger partial charge is 0.497 e. The predicted octanol–water partition coefficient (Wildman–Crippen LogP) is 3.76. The molecule has 0 spiro atoms. The molecule has 2 aromatic rings. The van der Waals surface area contributed by atoms with E-state index in [0.29, 0.717) is 6.42 Å². The Morgan fingerprint density at radius 1 is 1.10 bits per heavy atom. The molecule has 0 aliphatic carbocycles. The fourth-order valence-electron chi connectivity index (χ4n) is 2.20. The van der Waals surface area contributed by atoms with E-state index in [-0.39, 0.29) is 11.9 Å². The van der Waals surface area contributed by atoms with Gasteiger partial charge in [0.2, 0.25) is 0 Å². The maximum absolute atomic E-state index is 13.0. The number of hydrogen-bond donors (Lipinski definition) is 2. The van der Waals surface area contributed by atoms with Crippen LogP contribution in [0.2, 0.25) is 0 Å². The van der Waals surface area contributed by atoms with Crippen LogP contribution in [0.5, 0.6) is 5.75 Å². The van der Waals surface area contributed by atoms with Crippen molar-refractivity contribution in [3.8, 4) is 5.75 Å². The first-order valence-corrected chi connectivity index (χ1v) is 6.92. The number of nitrogens with one attached hydrogen (secondary N) is 1. The maximum Gasteiger partial charge on any atom is 0.123 e. The number of halogens is 1. The normalized spacial score (nSPS) is 13.5. The number of methoxy groups -OCH3 is 1. The van der Waals surface area contributed by atoms with Crippen LogP contribution in [0, 0.1) is 5.82 Å². The minimum absolute atomic E-state index is 0.0843. The lowest BCUT2D eigenvalue weighted by Gasteiger charge is -2.22. The third-order valence-corrected chi connectivity index (χ3v) is 3.28. The highest BCUT2D eigenvalue weighted by atomic mass is 19.1. The quantitative estimate of drug-likeness (QED) is 0.851. The van der Waals surface area contributed by atoms with E-state index in [1.807, 2.05) is 24.3 Å². The molecule has 2 rings (SSSR count). The van der Waals surface area contributed by atoms with Gasteiger partial charge in [-0.2, -0.15) is 0 Å². The van der Waals surface area contributed by atoms with Crippen LogP contribution in [0.3, 0.4) is 0 Å². The Bertz CT molecular complexity index is 552. The van der Waals surface area contributed by atoms with Crippen molar-refractivity contribution in [3.63, 3.8) is 0 Å². The lowest BCUT2D eigenvalue weighted by atomic mass is 10.0. The Labute approximate surface area is 124 Å². The van der Waals surface area contributed by atoms with E-state index >= 15 is 0 Å². The third-order valence-electron chi connectivity index (χ3n) is 3.28. The highest BCUT2D eigenvalue weighted by Gasteiger charge is 2.14. The molecule has 0 bridgehead atoms. The summed E-state index contributed by atoms with van der Waals surface area (Å²) in [6, 6.07) is 13.8. The number of hydrogen-bond acceptors (Lipinski definition) is 3. The van der Waals surface area contributed by atoms with E-state index in [2.05, 4.69) is 5.32 Å². The first-order valence-electron chi connectivity index (χ1n) is 6.92. The summed E-state index contributed by atoms with van der Waals surface area (Å²) in [4.78, 5) is 0. The molecular formula is C17H20FNO2. The van der Waals surface area contributed by atoms with Gasteiger partial charge in [-0.15, -0.1) is 0 Å². The second kappa shape index (κ2) is 7.09. The molecule has 2 N–H and O–H groups in total. The standard InChI is InChI=1S/C17H20FNO2/c1-12(20)11-17(13-3-5-14(18)6-4-13)19-15-7-9-16(21-2)10-8-15/h3-10,12,17,19-20H,11H2,1-2H3/t12-,17+/m1/s1. The number of aliphatic hydroxyl groups is 1. The zero-order valence-corrected chi connectivity index (χ0v) is 12.2. The van der Waals surface area contributed by atoms with Crippen molar-refractivity contribution in [2.24, 2.45) is 0 Å². The van der Waals surface area contributed by atoms with Gasteiger partial charge in [0.1, 0.15) is 11.6 Å². The summed E-state index contributed by atoms with van der Waals surface area (Å²) < 4.78 is 18.2. The molecule has 0 radical (unpaired) electrons. The third kappa shape index (κ3) is 4.46. The van der Waals surface area contributed by atoms with Gasteiger partial charge in [0.05, 0.1) is 19.3 Å². The Morgan fingerprint density at radius 3 is 2.24 bits per heavy atom. The number of benzene rings is 2. The molecule has 2 atom stereocenters. The first kappa shape index (κ1) is 15.3. The molecule has 0 aliphatic heterocycles. The Morgan fingerprint density at radius 2 is 1.71 bits per heavy atom. The van der Waals surface area contributed by atoms with E-state index in [4.69, 9.17) is 4.74 Å². The van der Waals surface area contributed by atoms with Crippen LogP contribution in [-0.4, -0.2) is 18.3 Å². The fraction of sp³-hybridized carbons (Fsp3) is 0.294. The smallest absolute Gasteiger partial charge is 0.123 e. The van der Waals surface area contributed by atoms with Crippen molar-refractivity contribution in [2.75, 3.05) is 12.4 Å². The van der Waals surface area contributed by atoms with Crippen LogP contribution in [-0.2, 0) is 0 Å². The maximum atomic E-state index is 13.0. The molecule has 0 saturated carbocycles. The van der Waals surface area contributed by atoms with Crippen molar-refractivity contribution >= 4 is 5.69 Å². The van der Waals surface area contributed by atoms with E-state index < -0.39 is 6.10 Å². The minimum atomic E-state index is -0.453. The minimum Gasteiger partial charge on any atom is -0.497 e. The number of anilines is 1. The number of ether oxygens (including phenoxy) is 1. The topological polar surface area (TPSA) is 41.5 Å². The van der Waals surface area contributed by atoms with E-state index in [9.17, 15) is 9.50 Å². The Balaban J connectivity index is 2.17. The average molecular weight is 289 g/mol. The van der Waals surface area contributed by atoms with Crippen molar-refractivity contribution in [3.05, 3.63) is 59.9 Å². The Kier molecular flexibility index (Phi) is 5.17. The summed E-state index contributed by atoms with van der Waals surface area (Å²) in [5, 5.41) is 13.0. The monoisotopic (exact) mass is 289 g/mol. The fourth-order valence-corrected chi connectivity index (χ4v) is 2.20. The molecule has 2 aromatic carbocycles. The van der Waals surface area contributed by atoms with Crippen LogP contribution in [0.25, 0.3) is 0 Å². The summed E-state index contributed by atoms with van der Waals surface area (Å²) >= 11 is 0. The van der Waals surface area contributed by atoms with Gasteiger partial charge in [0.15, 0.2) is 0 Å². The van der Waals surface area contributed by atoms with Gasteiger partial charge in [-0.25, -0.2) is 4.39 Å². The van der Waals surface area contributed by atoms with E-state index in [1.165, 1.54) is 12.1 Å². The molecule has 0 saturated heterocycles. The van der Waals surface area contributed by atoms with Crippen LogP contribution in [0.1, 0.15) is 24.9 Å². The average Bonchev–Trinajstić information content (AvgIpc) is 2.48. The molecule has 4 heteroatoms. The molecule has 0 unspecified atom stereocenters. The highest BCUT2D eigenvalue weighted by Crippen LogP contribution is 2.25. The zero-order chi connectivity index (χ0) is 15.2. The van der Waals surface area contributed by atoms with Crippen molar-refractivity contribution in [2.45, 2.75) is 25.5 Å². The molecule has 0 fully saturated rings. The summed E-state index contributed by atoms with van der Waals surface area (Å²) in [5.74, 6) is 0.522. The van der Waals surface area contributed by atoms with Gasteiger partial charge in [-0.05, 0) is 55.3 Å². The lowest BCUT2D eigenvalue weighted by Crippen LogP contribution is -2.16. The lowest BCUT2D eigenvalue weighted by molar-refractivity contribution is 0.177. The van der Waals surface area contributed by atoms with Crippen molar-refractivity contribution < 1.29 is 14.2 Å².